The number of hydrogen-bond donors (Lipinski definition) is 2. The fraction of sp³-hybridized carbons (Fsp3) is 0.400. The highest BCUT2D eigenvalue weighted by molar-refractivity contribution is 7.89. The Morgan fingerprint density at radius 3 is 2.28 bits per heavy atom. The van der Waals surface area contributed by atoms with E-state index in [1.165, 1.54) is 35.7 Å². The van der Waals surface area contributed by atoms with Crippen LogP contribution in [0.15, 0.2) is 53.4 Å². The van der Waals surface area contributed by atoms with Crippen molar-refractivity contribution in [2.45, 2.75) is 38.6 Å². The number of esters is 1. The van der Waals surface area contributed by atoms with E-state index in [1.807, 2.05) is 0 Å². The fourth-order valence-electron chi connectivity index (χ4n) is 3.39. The molecule has 2 rings (SSSR count). The quantitative estimate of drug-likeness (QED) is 0.412. The standard InChI is InChI=1S/C25H33N3O7S/c1-6-28(7-2)36(32,33)19-12-10-11-18(15-19)24(30)27-23(17(3)4)25(31)35-16-22(29)26-20-13-8-9-14-21(20)34-5/h8-15,17,23H,6-7,16H2,1-5H3,(H,26,29)(H,27,30). The molecule has 0 aliphatic rings. The van der Waals surface area contributed by atoms with Gasteiger partial charge in [0.25, 0.3) is 11.8 Å². The largest absolute Gasteiger partial charge is 0.495 e. The molecule has 0 fully saturated rings. The minimum absolute atomic E-state index is 0.0180. The third-order valence-electron chi connectivity index (χ3n) is 5.37. The topological polar surface area (TPSA) is 131 Å². The molecule has 0 bridgehead atoms. The van der Waals surface area contributed by atoms with Crippen LogP contribution in [0.3, 0.4) is 0 Å². The highest BCUT2D eigenvalue weighted by Crippen LogP contribution is 2.23. The van der Waals surface area contributed by atoms with Gasteiger partial charge in [0.05, 0.1) is 17.7 Å². The van der Waals surface area contributed by atoms with E-state index in [0.29, 0.717) is 24.5 Å². The van der Waals surface area contributed by atoms with E-state index in [-0.39, 0.29) is 16.4 Å². The number of benzene rings is 2. The summed E-state index contributed by atoms with van der Waals surface area (Å²) >= 11 is 0. The number of rotatable bonds is 12. The van der Waals surface area contributed by atoms with Gasteiger partial charge in [-0.1, -0.05) is 45.9 Å². The molecule has 2 amide bonds. The van der Waals surface area contributed by atoms with Crippen LogP contribution in [0.1, 0.15) is 38.1 Å². The van der Waals surface area contributed by atoms with E-state index in [1.54, 1.807) is 52.0 Å². The summed E-state index contributed by atoms with van der Waals surface area (Å²) in [5.41, 5.74) is 0.505. The number of hydrogen-bond acceptors (Lipinski definition) is 7. The predicted octanol–water partition coefficient (Wildman–Crippen LogP) is 2.66. The second-order valence-electron chi connectivity index (χ2n) is 8.17. The lowest BCUT2D eigenvalue weighted by atomic mass is 10.0. The maximum Gasteiger partial charge on any atom is 0.329 e. The molecule has 2 aromatic carbocycles. The van der Waals surface area contributed by atoms with E-state index in [9.17, 15) is 22.8 Å². The monoisotopic (exact) mass is 519 g/mol. The maximum absolute atomic E-state index is 12.9. The normalized spacial score (nSPS) is 12.2. The molecule has 0 spiro atoms. The van der Waals surface area contributed by atoms with Gasteiger partial charge in [-0.2, -0.15) is 4.31 Å². The van der Waals surface area contributed by atoms with E-state index >= 15 is 0 Å². The second kappa shape index (κ2) is 13.0. The van der Waals surface area contributed by atoms with E-state index in [2.05, 4.69) is 10.6 Å². The summed E-state index contributed by atoms with van der Waals surface area (Å²) in [6.45, 7) is 6.90. The molecule has 0 heterocycles. The van der Waals surface area contributed by atoms with Gasteiger partial charge in [0, 0.05) is 18.7 Å². The smallest absolute Gasteiger partial charge is 0.329 e. The van der Waals surface area contributed by atoms with Crippen molar-refractivity contribution >= 4 is 33.5 Å². The van der Waals surface area contributed by atoms with Gasteiger partial charge in [0.1, 0.15) is 11.8 Å². The summed E-state index contributed by atoms with van der Waals surface area (Å²) in [6, 6.07) is 11.3. The van der Waals surface area contributed by atoms with E-state index in [4.69, 9.17) is 9.47 Å². The van der Waals surface area contributed by atoms with Crippen LogP contribution < -0.4 is 15.4 Å². The molecule has 0 saturated heterocycles. The fourth-order valence-corrected chi connectivity index (χ4v) is 4.90. The molecule has 1 unspecified atom stereocenters. The van der Waals surface area contributed by atoms with Gasteiger partial charge in [0.15, 0.2) is 6.61 Å². The first-order valence-electron chi connectivity index (χ1n) is 11.6. The maximum atomic E-state index is 12.9. The highest BCUT2D eigenvalue weighted by atomic mass is 32.2. The number of carbonyl (C=O) groups is 3. The first-order valence-corrected chi connectivity index (χ1v) is 13.0. The Bertz CT molecular complexity index is 1180. The molecule has 0 radical (unpaired) electrons. The Kier molecular flexibility index (Phi) is 10.4. The molecule has 1 atom stereocenters. The summed E-state index contributed by atoms with van der Waals surface area (Å²) < 4.78 is 37.2. The summed E-state index contributed by atoms with van der Waals surface area (Å²) in [4.78, 5) is 37.8. The van der Waals surface area contributed by atoms with Gasteiger partial charge in [-0.15, -0.1) is 0 Å². The summed E-state index contributed by atoms with van der Waals surface area (Å²) in [5.74, 6) is -1.91. The zero-order valence-electron chi connectivity index (χ0n) is 21.1. The summed E-state index contributed by atoms with van der Waals surface area (Å²) in [5, 5.41) is 5.19. The van der Waals surface area contributed by atoms with Gasteiger partial charge >= 0.3 is 5.97 Å². The first-order chi connectivity index (χ1) is 17.0. The van der Waals surface area contributed by atoms with Crippen molar-refractivity contribution < 1.29 is 32.3 Å². The number of nitrogens with zero attached hydrogens (tertiary/aromatic N) is 1. The van der Waals surface area contributed by atoms with E-state index in [0.717, 1.165) is 0 Å². The molecule has 10 nitrogen and oxygen atoms in total. The minimum Gasteiger partial charge on any atom is -0.495 e. The van der Waals surface area contributed by atoms with Crippen LogP contribution in [0.25, 0.3) is 0 Å². The molecule has 0 aliphatic heterocycles. The Balaban J connectivity index is 2.08. The summed E-state index contributed by atoms with van der Waals surface area (Å²) in [7, 11) is -2.29. The molecule has 36 heavy (non-hydrogen) atoms. The third kappa shape index (κ3) is 7.28. The molecule has 0 aromatic heterocycles. The van der Waals surface area contributed by atoms with Crippen molar-refractivity contribution in [1.29, 1.82) is 0 Å². The second-order valence-corrected chi connectivity index (χ2v) is 10.1. The average Bonchev–Trinajstić information content (AvgIpc) is 2.86. The van der Waals surface area contributed by atoms with Gasteiger partial charge in [0.2, 0.25) is 10.0 Å². The number of amides is 2. The molecular weight excluding hydrogens is 486 g/mol. The van der Waals surface area contributed by atoms with Crippen LogP contribution in [-0.4, -0.2) is 63.4 Å². The average molecular weight is 520 g/mol. The van der Waals surface area contributed by atoms with Crippen LogP contribution in [0.5, 0.6) is 5.75 Å². The molecule has 196 valence electrons. The number of ether oxygens (including phenoxy) is 2. The lowest BCUT2D eigenvalue weighted by molar-refractivity contribution is -0.150. The van der Waals surface area contributed by atoms with Gasteiger partial charge < -0.3 is 20.1 Å². The summed E-state index contributed by atoms with van der Waals surface area (Å²) in [6.07, 6.45) is 0. The van der Waals surface area contributed by atoms with Crippen molar-refractivity contribution in [1.82, 2.24) is 9.62 Å². The number of carbonyl (C=O) groups excluding carboxylic acids is 3. The van der Waals surface area contributed by atoms with Crippen molar-refractivity contribution in [3.63, 3.8) is 0 Å². The zero-order chi connectivity index (χ0) is 26.9. The van der Waals surface area contributed by atoms with Crippen LogP contribution >= 0.6 is 0 Å². The van der Waals surface area contributed by atoms with Crippen molar-refractivity contribution in [3.05, 3.63) is 54.1 Å². The lowest BCUT2D eigenvalue weighted by Gasteiger charge is -2.21. The van der Waals surface area contributed by atoms with Gasteiger partial charge in [-0.05, 0) is 36.2 Å². The Morgan fingerprint density at radius 2 is 1.67 bits per heavy atom. The number of sulfonamides is 1. The Morgan fingerprint density at radius 1 is 1.00 bits per heavy atom. The zero-order valence-corrected chi connectivity index (χ0v) is 21.9. The number of methoxy groups -OCH3 is 1. The molecule has 11 heteroatoms. The Labute approximate surface area is 212 Å². The van der Waals surface area contributed by atoms with Crippen LogP contribution in [0.2, 0.25) is 0 Å². The Hall–Kier alpha value is -3.44. The van der Waals surface area contributed by atoms with Crippen LogP contribution in [0, 0.1) is 5.92 Å². The number of nitrogens with one attached hydrogen (secondary N) is 2. The predicted molar refractivity (Wildman–Crippen MR) is 135 cm³/mol. The number of para-hydroxylation sites is 2. The third-order valence-corrected chi connectivity index (χ3v) is 7.42. The first kappa shape index (κ1) is 28.8. The highest BCUT2D eigenvalue weighted by Gasteiger charge is 2.28. The molecule has 0 saturated carbocycles. The number of anilines is 1. The van der Waals surface area contributed by atoms with Crippen LogP contribution in [0.4, 0.5) is 5.69 Å². The molecular formula is C25H33N3O7S. The van der Waals surface area contributed by atoms with Crippen LogP contribution in [-0.2, 0) is 24.3 Å². The lowest BCUT2D eigenvalue weighted by Crippen LogP contribution is -2.46. The molecule has 2 aromatic rings. The molecule has 2 N–H and O–H groups in total. The van der Waals surface area contributed by atoms with Gasteiger partial charge in [-0.3, -0.25) is 9.59 Å². The van der Waals surface area contributed by atoms with E-state index < -0.39 is 40.5 Å². The van der Waals surface area contributed by atoms with Gasteiger partial charge in [-0.25, -0.2) is 13.2 Å². The van der Waals surface area contributed by atoms with Crippen molar-refractivity contribution in [2.75, 3.05) is 32.1 Å². The SMILES string of the molecule is CCN(CC)S(=O)(=O)c1cccc(C(=O)NC(C(=O)OCC(=O)Nc2ccccc2OC)C(C)C)c1. The molecule has 0 aliphatic carbocycles. The van der Waals surface area contributed by atoms with Crippen molar-refractivity contribution in [3.8, 4) is 5.75 Å². The van der Waals surface area contributed by atoms with Crippen molar-refractivity contribution in [2.24, 2.45) is 5.92 Å². The minimum atomic E-state index is -3.76.